The summed E-state index contributed by atoms with van der Waals surface area (Å²) in [6, 6.07) is 7.71. The molecule has 0 aliphatic carbocycles. The lowest BCUT2D eigenvalue weighted by Gasteiger charge is -2.14. The van der Waals surface area contributed by atoms with Gasteiger partial charge in [0.2, 0.25) is 0 Å². The largest absolute Gasteiger partial charge is 0.452 e. The van der Waals surface area contributed by atoms with E-state index < -0.39 is 42.0 Å². The summed E-state index contributed by atoms with van der Waals surface area (Å²) >= 11 is 5.82. The zero-order chi connectivity index (χ0) is 20.2. The summed E-state index contributed by atoms with van der Waals surface area (Å²) in [6.45, 7) is 1.28. The average molecular weight is 404 g/mol. The van der Waals surface area contributed by atoms with E-state index in [1.54, 1.807) is 0 Å². The maximum atomic E-state index is 13.7. The van der Waals surface area contributed by atoms with E-state index in [1.807, 2.05) is 0 Å². The Kier molecular flexibility index (Phi) is 6.43. The molecule has 0 unspecified atom stereocenters. The highest BCUT2D eigenvalue weighted by molar-refractivity contribution is 6.31. The van der Waals surface area contributed by atoms with Gasteiger partial charge in [0.25, 0.3) is 5.91 Å². The van der Waals surface area contributed by atoms with Gasteiger partial charge in [0.1, 0.15) is 5.82 Å². The van der Waals surface area contributed by atoms with Crippen LogP contribution in [0.3, 0.4) is 0 Å². The van der Waals surface area contributed by atoms with Gasteiger partial charge in [0.15, 0.2) is 6.10 Å². The number of esters is 1. The van der Waals surface area contributed by atoms with Gasteiger partial charge in [0.05, 0.1) is 12.0 Å². The molecule has 1 atom stereocenters. The fourth-order valence-electron chi connectivity index (χ4n) is 2.12. The number of benzene rings is 2. The Morgan fingerprint density at radius 1 is 1.15 bits per heavy atom. The van der Waals surface area contributed by atoms with Crippen LogP contribution in [0.2, 0.25) is 5.02 Å². The smallest absolute Gasteiger partial charge is 0.416 e. The first-order valence-corrected chi connectivity index (χ1v) is 8.06. The second-order valence-electron chi connectivity index (χ2n) is 5.57. The van der Waals surface area contributed by atoms with E-state index in [1.165, 1.54) is 19.1 Å². The minimum Gasteiger partial charge on any atom is -0.452 e. The Balaban J connectivity index is 1.94. The lowest BCUT2D eigenvalue weighted by Crippen LogP contribution is -2.30. The highest BCUT2D eigenvalue weighted by Crippen LogP contribution is 2.29. The molecular weight excluding hydrogens is 390 g/mol. The molecule has 4 nitrogen and oxygen atoms in total. The number of amides is 1. The molecule has 0 saturated carbocycles. The quantitative estimate of drug-likeness (QED) is 0.586. The van der Waals surface area contributed by atoms with Crippen molar-refractivity contribution in [3.05, 3.63) is 64.4 Å². The summed E-state index contributed by atoms with van der Waals surface area (Å²) in [6.07, 6.45) is -6.20. The molecule has 0 aromatic heterocycles. The number of anilines is 1. The number of halogens is 5. The molecule has 0 spiro atoms. The molecule has 2 rings (SSSR count). The number of alkyl halides is 3. The Morgan fingerprint density at radius 2 is 1.78 bits per heavy atom. The number of hydrogen-bond acceptors (Lipinski definition) is 3. The van der Waals surface area contributed by atoms with Crippen LogP contribution in [0.15, 0.2) is 42.5 Å². The van der Waals surface area contributed by atoms with Crippen LogP contribution in [-0.2, 0) is 26.9 Å². The molecule has 27 heavy (non-hydrogen) atoms. The molecule has 0 radical (unpaired) electrons. The van der Waals surface area contributed by atoms with Crippen molar-refractivity contribution in [3.8, 4) is 0 Å². The molecule has 0 aliphatic heterocycles. The Labute approximate surface area is 157 Å². The lowest BCUT2D eigenvalue weighted by atomic mass is 10.1. The predicted molar refractivity (Wildman–Crippen MR) is 90.7 cm³/mol. The van der Waals surface area contributed by atoms with E-state index in [2.05, 4.69) is 5.32 Å². The van der Waals surface area contributed by atoms with Crippen molar-refractivity contribution in [2.45, 2.75) is 25.6 Å². The fraction of sp³-hybridized carbons (Fsp3) is 0.222. The molecular formula is C18H14ClF4NO3. The number of carbonyl (C=O) groups excluding carboxylic acids is 2. The van der Waals surface area contributed by atoms with Gasteiger partial charge in [-0.15, -0.1) is 0 Å². The molecule has 144 valence electrons. The van der Waals surface area contributed by atoms with Gasteiger partial charge in [0, 0.05) is 16.3 Å². The Bertz CT molecular complexity index is 817. The fourth-order valence-corrected chi connectivity index (χ4v) is 2.35. The first-order chi connectivity index (χ1) is 12.6. The van der Waals surface area contributed by atoms with E-state index in [9.17, 15) is 27.2 Å². The van der Waals surface area contributed by atoms with Gasteiger partial charge in [-0.2, -0.15) is 13.2 Å². The van der Waals surface area contributed by atoms with Gasteiger partial charge in [-0.05, 0) is 43.3 Å². The van der Waals surface area contributed by atoms with Crippen LogP contribution in [0.1, 0.15) is 18.1 Å². The van der Waals surface area contributed by atoms with Crippen molar-refractivity contribution in [2.75, 3.05) is 5.32 Å². The van der Waals surface area contributed by atoms with E-state index in [-0.39, 0.29) is 16.3 Å². The van der Waals surface area contributed by atoms with Crippen LogP contribution in [0.25, 0.3) is 0 Å². The van der Waals surface area contributed by atoms with Crippen molar-refractivity contribution >= 4 is 29.2 Å². The summed E-state index contributed by atoms with van der Waals surface area (Å²) in [5, 5.41) is 2.38. The van der Waals surface area contributed by atoms with E-state index in [0.29, 0.717) is 0 Å². The van der Waals surface area contributed by atoms with Crippen LogP contribution in [0, 0.1) is 5.82 Å². The number of hydrogen-bond donors (Lipinski definition) is 1. The lowest BCUT2D eigenvalue weighted by molar-refractivity contribution is -0.152. The van der Waals surface area contributed by atoms with Crippen molar-refractivity contribution in [2.24, 2.45) is 0 Å². The van der Waals surface area contributed by atoms with Gasteiger partial charge in [-0.25, -0.2) is 4.39 Å². The SMILES string of the molecule is C[C@H](OC(=O)Cc1c(F)cccc1Cl)C(=O)Nc1ccc(C(F)(F)F)cc1. The van der Waals surface area contributed by atoms with Crippen molar-refractivity contribution in [1.82, 2.24) is 0 Å². The maximum Gasteiger partial charge on any atom is 0.416 e. The van der Waals surface area contributed by atoms with Crippen LogP contribution >= 0.6 is 11.6 Å². The third kappa shape index (κ3) is 5.68. The minimum absolute atomic E-state index is 0.0498. The summed E-state index contributed by atoms with van der Waals surface area (Å²) in [5.74, 6) is -2.30. The van der Waals surface area contributed by atoms with E-state index in [4.69, 9.17) is 16.3 Å². The monoisotopic (exact) mass is 403 g/mol. The average Bonchev–Trinajstić information content (AvgIpc) is 2.58. The van der Waals surface area contributed by atoms with Gasteiger partial charge in [-0.1, -0.05) is 17.7 Å². The molecule has 2 aromatic carbocycles. The summed E-state index contributed by atoms with van der Waals surface area (Å²) in [5.41, 5.74) is -0.811. The molecule has 0 heterocycles. The van der Waals surface area contributed by atoms with Crippen LogP contribution < -0.4 is 5.32 Å². The second kappa shape index (κ2) is 8.39. The zero-order valence-corrected chi connectivity index (χ0v) is 14.7. The van der Waals surface area contributed by atoms with E-state index >= 15 is 0 Å². The zero-order valence-electron chi connectivity index (χ0n) is 13.9. The Hall–Kier alpha value is -2.61. The van der Waals surface area contributed by atoms with Crippen LogP contribution in [-0.4, -0.2) is 18.0 Å². The molecule has 0 aliphatic rings. The van der Waals surface area contributed by atoms with E-state index in [0.717, 1.165) is 30.3 Å². The normalized spacial score (nSPS) is 12.4. The first kappa shape index (κ1) is 20.7. The Morgan fingerprint density at radius 3 is 2.33 bits per heavy atom. The van der Waals surface area contributed by atoms with Crippen molar-refractivity contribution < 1.29 is 31.9 Å². The standard InChI is InChI=1S/C18H14ClF4NO3/c1-10(27-16(25)9-13-14(19)3-2-4-15(13)20)17(26)24-12-7-5-11(6-8-12)18(21,22)23/h2-8,10H,9H2,1H3,(H,24,26)/t10-/m0/s1. The third-order valence-corrected chi connectivity index (χ3v) is 3.89. The molecule has 9 heteroatoms. The van der Waals surface area contributed by atoms with Gasteiger partial charge < -0.3 is 10.1 Å². The minimum atomic E-state index is -4.49. The molecule has 0 bridgehead atoms. The summed E-state index contributed by atoms with van der Waals surface area (Å²) in [7, 11) is 0. The number of nitrogens with one attached hydrogen (secondary N) is 1. The highest BCUT2D eigenvalue weighted by Gasteiger charge is 2.30. The highest BCUT2D eigenvalue weighted by atomic mass is 35.5. The third-order valence-electron chi connectivity index (χ3n) is 3.54. The molecule has 1 N–H and O–H groups in total. The first-order valence-electron chi connectivity index (χ1n) is 7.68. The number of carbonyl (C=O) groups is 2. The van der Waals surface area contributed by atoms with Crippen molar-refractivity contribution in [3.63, 3.8) is 0 Å². The predicted octanol–water partition coefficient (Wildman–Crippen LogP) is 4.61. The molecule has 2 aromatic rings. The molecule has 0 fully saturated rings. The van der Waals surface area contributed by atoms with Crippen LogP contribution in [0.4, 0.5) is 23.2 Å². The number of ether oxygens (including phenoxy) is 1. The topological polar surface area (TPSA) is 55.4 Å². The summed E-state index contributed by atoms with van der Waals surface area (Å²) < 4.78 is 56.1. The van der Waals surface area contributed by atoms with Gasteiger partial charge in [-0.3, -0.25) is 9.59 Å². The van der Waals surface area contributed by atoms with Crippen molar-refractivity contribution in [1.29, 1.82) is 0 Å². The summed E-state index contributed by atoms with van der Waals surface area (Å²) in [4.78, 5) is 23.9. The number of rotatable bonds is 5. The maximum absolute atomic E-state index is 13.7. The molecule has 1 amide bonds. The second-order valence-corrected chi connectivity index (χ2v) is 5.98. The van der Waals surface area contributed by atoms with Crippen LogP contribution in [0.5, 0.6) is 0 Å². The van der Waals surface area contributed by atoms with Gasteiger partial charge >= 0.3 is 12.1 Å². The molecule has 0 saturated heterocycles.